The van der Waals surface area contributed by atoms with E-state index < -0.39 is 0 Å². The van der Waals surface area contributed by atoms with Crippen LogP contribution in [-0.2, 0) is 22.4 Å². The number of hydrogen-bond acceptors (Lipinski definition) is 4. The van der Waals surface area contributed by atoms with Gasteiger partial charge in [-0.3, -0.25) is 9.59 Å². The summed E-state index contributed by atoms with van der Waals surface area (Å²) >= 11 is 0. The summed E-state index contributed by atoms with van der Waals surface area (Å²) in [5.41, 5.74) is 0.744. The van der Waals surface area contributed by atoms with Gasteiger partial charge in [0.15, 0.2) is 0 Å². The Balaban J connectivity index is 2.34. The van der Waals surface area contributed by atoms with E-state index in [0.717, 1.165) is 5.69 Å². The van der Waals surface area contributed by atoms with Gasteiger partial charge in [-0.1, -0.05) is 5.16 Å². The van der Waals surface area contributed by atoms with Gasteiger partial charge in [-0.05, 0) is 6.92 Å². The maximum Gasteiger partial charge on any atom is 0.220 e. The van der Waals surface area contributed by atoms with Crippen molar-refractivity contribution in [2.24, 2.45) is 0 Å². The zero-order valence-electron chi connectivity index (χ0n) is 10.8. The number of amides is 2. The molecule has 0 radical (unpaired) electrons. The lowest BCUT2D eigenvalue weighted by atomic mass is 10.2. The Morgan fingerprint density at radius 2 is 2.00 bits per heavy atom. The second kappa shape index (κ2) is 7.47. The monoisotopic (exact) mass is 253 g/mol. The van der Waals surface area contributed by atoms with E-state index in [4.69, 9.17) is 4.52 Å². The Labute approximate surface area is 106 Å². The summed E-state index contributed by atoms with van der Waals surface area (Å²) in [6, 6.07) is 1.79. The molecule has 0 aliphatic carbocycles. The largest absolute Gasteiger partial charge is 0.361 e. The number of carbonyl (C=O) groups is 2. The summed E-state index contributed by atoms with van der Waals surface area (Å²) in [6.07, 6.45) is 1.85. The smallest absolute Gasteiger partial charge is 0.220 e. The fourth-order valence-corrected chi connectivity index (χ4v) is 1.48. The van der Waals surface area contributed by atoms with E-state index in [9.17, 15) is 9.59 Å². The quantitative estimate of drug-likeness (QED) is 0.737. The molecule has 18 heavy (non-hydrogen) atoms. The fourth-order valence-electron chi connectivity index (χ4n) is 1.48. The Morgan fingerprint density at radius 3 is 2.67 bits per heavy atom. The van der Waals surface area contributed by atoms with Crippen molar-refractivity contribution in [1.29, 1.82) is 0 Å². The van der Waals surface area contributed by atoms with Crippen molar-refractivity contribution in [3.8, 4) is 0 Å². The van der Waals surface area contributed by atoms with Gasteiger partial charge in [0.25, 0.3) is 0 Å². The Hall–Kier alpha value is -1.85. The van der Waals surface area contributed by atoms with Gasteiger partial charge >= 0.3 is 0 Å². The molecule has 1 rings (SSSR count). The Bertz CT molecular complexity index is 401. The summed E-state index contributed by atoms with van der Waals surface area (Å²) in [4.78, 5) is 22.3. The number of nitrogens with one attached hydrogen (secondary N) is 2. The second-order valence-electron chi connectivity index (χ2n) is 3.91. The molecule has 1 aromatic heterocycles. The molecular formula is C12H19N3O3. The number of aromatic nitrogens is 1. The molecule has 1 aromatic rings. The molecule has 0 fully saturated rings. The van der Waals surface area contributed by atoms with Crippen LogP contribution in [0.15, 0.2) is 10.6 Å². The summed E-state index contributed by atoms with van der Waals surface area (Å²) < 4.78 is 5.09. The van der Waals surface area contributed by atoms with Crippen LogP contribution in [0.3, 0.4) is 0 Å². The predicted octanol–water partition coefficient (Wildman–Crippen LogP) is 0.422. The first-order valence-corrected chi connectivity index (χ1v) is 6.07. The van der Waals surface area contributed by atoms with Crippen molar-refractivity contribution in [2.75, 3.05) is 13.6 Å². The third-order valence-electron chi connectivity index (χ3n) is 2.47. The number of hydrogen-bond donors (Lipinski definition) is 2. The van der Waals surface area contributed by atoms with E-state index >= 15 is 0 Å². The predicted molar refractivity (Wildman–Crippen MR) is 65.9 cm³/mol. The fraction of sp³-hybridized carbons (Fsp3) is 0.583. The van der Waals surface area contributed by atoms with Crippen molar-refractivity contribution < 1.29 is 14.1 Å². The van der Waals surface area contributed by atoms with Crippen molar-refractivity contribution >= 4 is 11.8 Å². The van der Waals surface area contributed by atoms with Gasteiger partial charge in [0, 0.05) is 45.3 Å². The molecule has 2 amide bonds. The highest BCUT2D eigenvalue weighted by Gasteiger charge is 2.08. The highest BCUT2D eigenvalue weighted by atomic mass is 16.5. The van der Waals surface area contributed by atoms with Gasteiger partial charge in [0.1, 0.15) is 5.76 Å². The first-order valence-electron chi connectivity index (χ1n) is 6.07. The summed E-state index contributed by atoms with van der Waals surface area (Å²) in [5.74, 6) is 0.646. The summed E-state index contributed by atoms with van der Waals surface area (Å²) in [7, 11) is 1.60. The first kappa shape index (κ1) is 14.2. The maximum atomic E-state index is 11.3. The number of rotatable bonds is 7. The normalized spacial score (nSPS) is 10.1. The average Bonchev–Trinajstić information content (AvgIpc) is 2.82. The summed E-state index contributed by atoms with van der Waals surface area (Å²) in [6.45, 7) is 2.51. The van der Waals surface area contributed by atoms with Crippen molar-refractivity contribution in [2.45, 2.75) is 32.6 Å². The minimum Gasteiger partial charge on any atom is -0.361 e. The molecule has 2 N–H and O–H groups in total. The van der Waals surface area contributed by atoms with Crippen molar-refractivity contribution in [3.63, 3.8) is 0 Å². The Morgan fingerprint density at radius 1 is 1.28 bits per heavy atom. The molecule has 0 saturated heterocycles. The minimum absolute atomic E-state index is 0.00686. The number of aryl methyl sites for hydroxylation is 2. The Kier molecular flexibility index (Phi) is 5.90. The SMILES string of the molecule is CCNC(=O)CCc1cc(CCC(=O)NC)on1. The van der Waals surface area contributed by atoms with Gasteiger partial charge in [-0.2, -0.15) is 0 Å². The van der Waals surface area contributed by atoms with Crippen LogP contribution in [0, 0.1) is 0 Å². The molecule has 0 aliphatic heterocycles. The molecule has 0 aromatic carbocycles. The van der Waals surface area contributed by atoms with E-state index in [-0.39, 0.29) is 11.8 Å². The lowest BCUT2D eigenvalue weighted by molar-refractivity contribution is -0.121. The van der Waals surface area contributed by atoms with Gasteiger partial charge < -0.3 is 15.2 Å². The second-order valence-corrected chi connectivity index (χ2v) is 3.91. The van der Waals surface area contributed by atoms with Crippen LogP contribution in [0.25, 0.3) is 0 Å². The molecule has 0 unspecified atom stereocenters. The van der Waals surface area contributed by atoms with E-state index in [1.54, 1.807) is 13.1 Å². The highest BCUT2D eigenvalue weighted by molar-refractivity contribution is 5.76. The maximum absolute atomic E-state index is 11.3. The van der Waals surface area contributed by atoms with Crippen LogP contribution in [0.2, 0.25) is 0 Å². The standard InChI is InChI=1S/C12H19N3O3/c1-3-14-12(17)6-4-9-8-10(18-15-9)5-7-11(16)13-2/h8H,3-7H2,1-2H3,(H,13,16)(H,14,17). The lowest BCUT2D eigenvalue weighted by Crippen LogP contribution is -2.22. The molecule has 6 heteroatoms. The topological polar surface area (TPSA) is 84.2 Å². The first-order chi connectivity index (χ1) is 8.65. The average molecular weight is 253 g/mol. The van der Waals surface area contributed by atoms with Crippen molar-refractivity contribution in [3.05, 3.63) is 17.5 Å². The van der Waals surface area contributed by atoms with Crippen LogP contribution in [-0.4, -0.2) is 30.6 Å². The number of carbonyl (C=O) groups excluding carboxylic acids is 2. The van der Waals surface area contributed by atoms with E-state index in [2.05, 4.69) is 15.8 Å². The zero-order chi connectivity index (χ0) is 13.4. The zero-order valence-corrected chi connectivity index (χ0v) is 10.8. The molecule has 0 saturated carbocycles. The molecule has 0 atom stereocenters. The van der Waals surface area contributed by atoms with Crippen molar-refractivity contribution in [1.82, 2.24) is 15.8 Å². The van der Waals surface area contributed by atoms with Gasteiger partial charge in [-0.25, -0.2) is 0 Å². The van der Waals surface area contributed by atoms with Gasteiger partial charge in [0.05, 0.1) is 5.69 Å². The molecular weight excluding hydrogens is 234 g/mol. The molecule has 0 spiro atoms. The van der Waals surface area contributed by atoms with E-state index in [1.807, 2.05) is 6.92 Å². The minimum atomic E-state index is -0.0322. The third kappa shape index (κ3) is 4.99. The number of nitrogens with zero attached hydrogens (tertiary/aromatic N) is 1. The molecule has 1 heterocycles. The molecule has 0 aliphatic rings. The van der Waals surface area contributed by atoms with Crippen LogP contribution in [0.4, 0.5) is 0 Å². The molecule has 6 nitrogen and oxygen atoms in total. The van der Waals surface area contributed by atoms with E-state index in [0.29, 0.717) is 38.0 Å². The van der Waals surface area contributed by atoms with Crippen LogP contribution in [0.1, 0.15) is 31.2 Å². The summed E-state index contributed by atoms with van der Waals surface area (Å²) in [5, 5.41) is 9.13. The molecule has 100 valence electrons. The van der Waals surface area contributed by atoms with Gasteiger partial charge in [0.2, 0.25) is 11.8 Å². The van der Waals surface area contributed by atoms with E-state index in [1.165, 1.54) is 0 Å². The highest BCUT2D eigenvalue weighted by Crippen LogP contribution is 2.08. The van der Waals surface area contributed by atoms with Gasteiger partial charge in [-0.15, -0.1) is 0 Å². The third-order valence-corrected chi connectivity index (χ3v) is 2.47. The van der Waals surface area contributed by atoms with Crippen LogP contribution in [0.5, 0.6) is 0 Å². The molecule has 0 bridgehead atoms. The lowest BCUT2D eigenvalue weighted by Gasteiger charge is -1.98. The van der Waals surface area contributed by atoms with Crippen LogP contribution < -0.4 is 10.6 Å². The van der Waals surface area contributed by atoms with Crippen LogP contribution >= 0.6 is 0 Å².